The van der Waals surface area contributed by atoms with E-state index >= 15 is 0 Å². The first-order chi connectivity index (χ1) is 13.0. The zero-order valence-corrected chi connectivity index (χ0v) is 15.2. The lowest BCUT2D eigenvalue weighted by Gasteiger charge is -2.28. The van der Waals surface area contributed by atoms with Gasteiger partial charge in [-0.15, -0.1) is 0 Å². The molecule has 0 aliphatic carbocycles. The van der Waals surface area contributed by atoms with Crippen LogP contribution < -0.4 is 4.74 Å². The highest BCUT2D eigenvalue weighted by molar-refractivity contribution is 5.65. The van der Waals surface area contributed by atoms with Gasteiger partial charge in [-0.3, -0.25) is 0 Å². The summed E-state index contributed by atoms with van der Waals surface area (Å²) in [6.07, 6.45) is 2.13. The van der Waals surface area contributed by atoms with Crippen molar-refractivity contribution in [3.05, 3.63) is 53.8 Å². The molecule has 0 amide bonds. The van der Waals surface area contributed by atoms with E-state index in [1.54, 1.807) is 18.2 Å². The summed E-state index contributed by atoms with van der Waals surface area (Å²) >= 11 is 0. The van der Waals surface area contributed by atoms with Crippen molar-refractivity contribution in [3.8, 4) is 16.9 Å². The first-order valence-electron chi connectivity index (χ1n) is 9.12. The van der Waals surface area contributed by atoms with Gasteiger partial charge >= 0.3 is 6.61 Å². The molecule has 0 aromatic heterocycles. The summed E-state index contributed by atoms with van der Waals surface area (Å²) in [6.45, 7) is 0.651. The van der Waals surface area contributed by atoms with Crippen molar-refractivity contribution in [2.45, 2.75) is 39.1 Å². The van der Waals surface area contributed by atoms with E-state index in [1.165, 1.54) is 18.2 Å². The molecule has 6 heteroatoms. The van der Waals surface area contributed by atoms with Gasteiger partial charge in [0.15, 0.2) is 6.29 Å². The van der Waals surface area contributed by atoms with Gasteiger partial charge in [0, 0.05) is 17.9 Å². The van der Waals surface area contributed by atoms with Crippen LogP contribution >= 0.6 is 0 Å². The number of ether oxygens (including phenoxy) is 3. The maximum absolute atomic E-state index is 14.5. The topological polar surface area (TPSA) is 27.7 Å². The third-order valence-electron chi connectivity index (χ3n) is 4.71. The highest BCUT2D eigenvalue weighted by Crippen LogP contribution is 2.27. The minimum atomic E-state index is -2.88. The van der Waals surface area contributed by atoms with Crippen LogP contribution in [-0.2, 0) is 15.9 Å². The molecule has 1 aliphatic heterocycles. The molecule has 2 aromatic rings. The lowest BCUT2D eigenvalue weighted by molar-refractivity contribution is -0.202. The molecule has 1 saturated heterocycles. The van der Waals surface area contributed by atoms with E-state index in [4.69, 9.17) is 9.47 Å². The van der Waals surface area contributed by atoms with Crippen molar-refractivity contribution in [2.24, 2.45) is 5.92 Å². The number of alkyl halides is 2. The van der Waals surface area contributed by atoms with E-state index in [2.05, 4.69) is 11.7 Å². The Morgan fingerprint density at radius 1 is 1.07 bits per heavy atom. The number of hydrogen-bond acceptors (Lipinski definition) is 3. The third-order valence-corrected chi connectivity index (χ3v) is 4.71. The molecule has 0 bridgehead atoms. The molecule has 0 radical (unpaired) electrons. The van der Waals surface area contributed by atoms with Crippen LogP contribution in [0.5, 0.6) is 5.75 Å². The van der Waals surface area contributed by atoms with Gasteiger partial charge in [-0.2, -0.15) is 8.78 Å². The molecule has 3 nitrogen and oxygen atoms in total. The average molecular weight is 380 g/mol. The fourth-order valence-corrected chi connectivity index (χ4v) is 3.03. The first kappa shape index (κ1) is 19.7. The van der Waals surface area contributed by atoms with Gasteiger partial charge in [0.2, 0.25) is 0 Å². The molecule has 0 atom stereocenters. The third kappa shape index (κ3) is 5.47. The van der Waals surface area contributed by atoms with Crippen molar-refractivity contribution < 1.29 is 27.4 Å². The van der Waals surface area contributed by atoms with Crippen molar-refractivity contribution in [2.75, 3.05) is 13.2 Å². The number of benzene rings is 2. The maximum Gasteiger partial charge on any atom is 0.387 e. The molecule has 146 valence electrons. The van der Waals surface area contributed by atoms with Gasteiger partial charge in [0.1, 0.15) is 11.6 Å². The Labute approximate surface area is 157 Å². The summed E-state index contributed by atoms with van der Waals surface area (Å²) in [4.78, 5) is 0. The highest BCUT2D eigenvalue weighted by atomic mass is 19.3. The van der Waals surface area contributed by atoms with Crippen LogP contribution in [0.2, 0.25) is 0 Å². The number of halogens is 3. The zero-order chi connectivity index (χ0) is 19.2. The fourth-order valence-electron chi connectivity index (χ4n) is 3.03. The van der Waals surface area contributed by atoms with Crippen molar-refractivity contribution >= 4 is 0 Å². The highest BCUT2D eigenvalue weighted by Gasteiger charge is 2.20. The predicted octanol–water partition coefficient (Wildman–Crippen LogP) is 5.43. The molecule has 1 aliphatic rings. The summed E-state index contributed by atoms with van der Waals surface area (Å²) < 4.78 is 54.6. The monoisotopic (exact) mass is 380 g/mol. The second-order valence-corrected chi connectivity index (χ2v) is 6.63. The lowest BCUT2D eigenvalue weighted by Crippen LogP contribution is -2.32. The van der Waals surface area contributed by atoms with Gasteiger partial charge in [0.05, 0.1) is 13.2 Å². The molecular formula is C21H23F3O3. The van der Waals surface area contributed by atoms with Crippen LogP contribution in [0, 0.1) is 11.7 Å². The van der Waals surface area contributed by atoms with Crippen LogP contribution in [0.1, 0.15) is 25.3 Å². The zero-order valence-electron chi connectivity index (χ0n) is 15.2. The summed E-state index contributed by atoms with van der Waals surface area (Å²) in [6, 6.07) is 11.0. The van der Waals surface area contributed by atoms with Gasteiger partial charge in [-0.05, 0) is 42.2 Å². The van der Waals surface area contributed by atoms with Crippen LogP contribution in [0.15, 0.2) is 42.5 Å². The predicted molar refractivity (Wildman–Crippen MR) is 96.3 cm³/mol. The summed E-state index contributed by atoms with van der Waals surface area (Å²) in [5, 5.41) is 0. The van der Waals surface area contributed by atoms with Crippen LogP contribution in [0.4, 0.5) is 13.2 Å². The van der Waals surface area contributed by atoms with Crippen LogP contribution in [0.3, 0.4) is 0 Å². The molecule has 27 heavy (non-hydrogen) atoms. The Morgan fingerprint density at radius 3 is 2.37 bits per heavy atom. The van der Waals surface area contributed by atoms with Crippen molar-refractivity contribution in [1.82, 2.24) is 0 Å². The molecule has 3 rings (SSSR count). The second-order valence-electron chi connectivity index (χ2n) is 6.63. The normalized spacial score (nSPS) is 20.0. The molecule has 0 saturated carbocycles. The van der Waals surface area contributed by atoms with E-state index in [0.717, 1.165) is 12.0 Å². The largest absolute Gasteiger partial charge is 0.435 e. The Kier molecular flexibility index (Phi) is 6.74. The summed E-state index contributed by atoms with van der Waals surface area (Å²) in [5.41, 5.74) is 1.88. The van der Waals surface area contributed by atoms with E-state index in [1.807, 2.05) is 6.07 Å². The van der Waals surface area contributed by atoms with Gasteiger partial charge in [0.25, 0.3) is 0 Å². The Morgan fingerprint density at radius 2 is 1.78 bits per heavy atom. The van der Waals surface area contributed by atoms with Gasteiger partial charge in [-0.25, -0.2) is 4.39 Å². The number of aryl methyl sites for hydroxylation is 1. The van der Waals surface area contributed by atoms with Crippen LogP contribution in [0.25, 0.3) is 11.1 Å². The van der Waals surface area contributed by atoms with Crippen molar-refractivity contribution in [1.29, 1.82) is 0 Å². The van der Waals surface area contributed by atoms with Crippen molar-refractivity contribution in [3.63, 3.8) is 0 Å². The molecule has 1 fully saturated rings. The summed E-state index contributed by atoms with van der Waals surface area (Å²) in [7, 11) is 0. The molecular weight excluding hydrogens is 357 g/mol. The quantitative estimate of drug-likeness (QED) is 0.641. The fraction of sp³-hybridized carbons (Fsp3) is 0.429. The van der Waals surface area contributed by atoms with E-state index in [0.29, 0.717) is 43.1 Å². The maximum atomic E-state index is 14.5. The van der Waals surface area contributed by atoms with E-state index in [-0.39, 0.29) is 17.9 Å². The van der Waals surface area contributed by atoms with E-state index < -0.39 is 6.61 Å². The van der Waals surface area contributed by atoms with Gasteiger partial charge in [-0.1, -0.05) is 31.2 Å². The second kappa shape index (κ2) is 9.24. The molecule has 2 aromatic carbocycles. The van der Waals surface area contributed by atoms with E-state index in [9.17, 15) is 13.2 Å². The van der Waals surface area contributed by atoms with Gasteiger partial charge < -0.3 is 14.2 Å². The van der Waals surface area contributed by atoms with Crippen LogP contribution in [-0.4, -0.2) is 26.1 Å². The standard InChI is InChI=1S/C21H23F3O3/c1-2-14-12-25-20(26-13-14)10-4-15-3-9-18(19(22)11-15)16-5-7-17(8-6-16)27-21(23)24/h3,5-9,11,14,20-21H,2,4,10,12-13H2,1H3. The Bertz CT molecular complexity index is 726. The lowest BCUT2D eigenvalue weighted by atomic mass is 10.0. The summed E-state index contributed by atoms with van der Waals surface area (Å²) in [5.74, 6) is 0.144. The Hall–Kier alpha value is -2.05. The number of hydrogen-bond donors (Lipinski definition) is 0. The Balaban J connectivity index is 1.59. The molecule has 1 heterocycles. The minimum absolute atomic E-state index is 0.0450. The molecule has 0 unspecified atom stereocenters. The number of rotatable bonds is 7. The minimum Gasteiger partial charge on any atom is -0.435 e. The SMILES string of the molecule is CCC1COC(CCc2ccc(-c3ccc(OC(F)F)cc3)c(F)c2)OC1. The smallest absolute Gasteiger partial charge is 0.387 e. The molecule has 0 spiro atoms. The first-order valence-corrected chi connectivity index (χ1v) is 9.12. The average Bonchev–Trinajstić information content (AvgIpc) is 2.67. The molecule has 0 N–H and O–H groups in total.